The molecule has 33 heavy (non-hydrogen) atoms. The molecule has 10 heteroatoms. The highest BCUT2D eigenvalue weighted by molar-refractivity contribution is 6.32. The van der Waals surface area contributed by atoms with Crippen molar-refractivity contribution in [2.45, 2.75) is 40.0 Å². The molecule has 0 aliphatic rings. The van der Waals surface area contributed by atoms with Gasteiger partial charge in [-0.2, -0.15) is 4.68 Å². The first kappa shape index (κ1) is 22.8. The molecule has 0 radical (unpaired) electrons. The smallest absolute Gasteiger partial charge is 0.350 e. The van der Waals surface area contributed by atoms with Gasteiger partial charge in [-0.25, -0.2) is 14.2 Å². The van der Waals surface area contributed by atoms with Crippen molar-refractivity contribution in [2.24, 2.45) is 0 Å². The van der Waals surface area contributed by atoms with Gasteiger partial charge in [0.2, 0.25) is 5.88 Å². The number of halogens is 2. The third kappa shape index (κ3) is 4.29. The predicted octanol–water partition coefficient (Wildman–Crippen LogP) is 4.47. The number of fused-ring (bicyclic) bond motifs is 1. The summed E-state index contributed by atoms with van der Waals surface area (Å²) < 4.78 is 28.7. The number of rotatable bonds is 7. The summed E-state index contributed by atoms with van der Waals surface area (Å²) in [6.45, 7) is 5.49. The van der Waals surface area contributed by atoms with Crippen LogP contribution in [0.5, 0.6) is 17.4 Å². The Morgan fingerprint density at radius 1 is 1.24 bits per heavy atom. The van der Waals surface area contributed by atoms with E-state index in [-0.39, 0.29) is 40.9 Å². The van der Waals surface area contributed by atoms with Gasteiger partial charge in [0.1, 0.15) is 12.4 Å². The fraction of sp³-hybridized carbons (Fsp3) is 0.261. The standard InChI is InChI=1S/C23H22ClFN4O4/c1-4-28-19(12-30)27-29(23(28)31)15-10-14-8-9-26-22(20(14)18(11-15)32-13(2)3)33-21-16(24)6-5-7-17(21)25/h5-11,13,30H,4,12H2,1-3H3. The number of aromatic nitrogens is 4. The van der Waals surface area contributed by atoms with E-state index in [1.807, 2.05) is 13.8 Å². The van der Waals surface area contributed by atoms with Crippen LogP contribution in [0.3, 0.4) is 0 Å². The van der Waals surface area contributed by atoms with Crippen LogP contribution < -0.4 is 15.2 Å². The molecule has 1 N–H and O–H groups in total. The molecule has 2 aromatic heterocycles. The molecule has 2 heterocycles. The molecule has 0 aliphatic carbocycles. The molecule has 172 valence electrons. The lowest BCUT2D eigenvalue weighted by Gasteiger charge is -2.17. The second-order valence-electron chi connectivity index (χ2n) is 7.49. The zero-order valence-corrected chi connectivity index (χ0v) is 19.0. The van der Waals surface area contributed by atoms with Gasteiger partial charge in [-0.05, 0) is 50.4 Å². The normalized spacial score (nSPS) is 11.4. The summed E-state index contributed by atoms with van der Waals surface area (Å²) in [6, 6.07) is 9.31. The first-order chi connectivity index (χ1) is 15.8. The van der Waals surface area contributed by atoms with Crippen LogP contribution in [0.25, 0.3) is 16.5 Å². The number of pyridine rings is 1. The van der Waals surface area contributed by atoms with Crippen molar-refractivity contribution in [3.63, 3.8) is 0 Å². The van der Waals surface area contributed by atoms with Crippen LogP contribution >= 0.6 is 11.6 Å². The number of aliphatic hydroxyl groups excluding tert-OH is 1. The summed E-state index contributed by atoms with van der Waals surface area (Å²) in [5.74, 6) is -0.0516. The molecule has 0 saturated heterocycles. The summed E-state index contributed by atoms with van der Waals surface area (Å²) >= 11 is 6.13. The first-order valence-electron chi connectivity index (χ1n) is 10.3. The van der Waals surface area contributed by atoms with Crippen molar-refractivity contribution in [1.29, 1.82) is 0 Å². The van der Waals surface area contributed by atoms with Crippen LogP contribution in [-0.4, -0.2) is 30.5 Å². The molecular weight excluding hydrogens is 451 g/mol. The summed E-state index contributed by atoms with van der Waals surface area (Å²) in [5, 5.41) is 15.0. The van der Waals surface area contributed by atoms with Gasteiger partial charge in [-0.3, -0.25) is 4.57 Å². The second kappa shape index (κ2) is 9.21. The Labute approximate surface area is 193 Å². The summed E-state index contributed by atoms with van der Waals surface area (Å²) in [7, 11) is 0. The highest BCUT2D eigenvalue weighted by atomic mass is 35.5. The van der Waals surface area contributed by atoms with E-state index in [9.17, 15) is 14.3 Å². The Bertz CT molecular complexity index is 1360. The Morgan fingerprint density at radius 2 is 2.03 bits per heavy atom. The average Bonchev–Trinajstić information content (AvgIpc) is 3.11. The van der Waals surface area contributed by atoms with Crippen LogP contribution in [0, 0.1) is 5.82 Å². The predicted molar refractivity (Wildman–Crippen MR) is 122 cm³/mol. The van der Waals surface area contributed by atoms with Gasteiger partial charge >= 0.3 is 5.69 Å². The molecule has 4 rings (SSSR count). The van der Waals surface area contributed by atoms with Crippen LogP contribution in [0.4, 0.5) is 4.39 Å². The lowest BCUT2D eigenvalue weighted by molar-refractivity contribution is 0.245. The van der Waals surface area contributed by atoms with E-state index in [1.165, 1.54) is 33.6 Å². The molecule has 0 saturated carbocycles. The highest BCUT2D eigenvalue weighted by Gasteiger charge is 2.20. The van der Waals surface area contributed by atoms with Gasteiger partial charge in [-0.15, -0.1) is 5.10 Å². The van der Waals surface area contributed by atoms with Gasteiger partial charge in [0.25, 0.3) is 0 Å². The van der Waals surface area contributed by atoms with Gasteiger partial charge in [0.15, 0.2) is 17.4 Å². The van der Waals surface area contributed by atoms with E-state index >= 15 is 0 Å². The number of benzene rings is 2. The number of hydrogen-bond acceptors (Lipinski definition) is 6. The number of hydrogen-bond donors (Lipinski definition) is 1. The molecule has 0 bridgehead atoms. The van der Waals surface area contributed by atoms with Crippen molar-refractivity contribution >= 4 is 22.4 Å². The van der Waals surface area contributed by atoms with Crippen LogP contribution in [0.1, 0.15) is 26.6 Å². The minimum absolute atomic E-state index is 0.101. The molecule has 0 fully saturated rings. The maximum atomic E-state index is 14.3. The van der Waals surface area contributed by atoms with E-state index in [4.69, 9.17) is 21.1 Å². The lowest BCUT2D eigenvalue weighted by atomic mass is 10.1. The third-order valence-corrected chi connectivity index (χ3v) is 5.20. The molecule has 0 atom stereocenters. The third-order valence-electron chi connectivity index (χ3n) is 4.90. The van der Waals surface area contributed by atoms with Crippen molar-refractivity contribution in [3.05, 3.63) is 69.7 Å². The molecule has 0 unspecified atom stereocenters. The maximum Gasteiger partial charge on any atom is 0.350 e. The molecular formula is C23H22ClFN4O4. The number of ether oxygens (including phenoxy) is 2. The fourth-order valence-corrected chi connectivity index (χ4v) is 3.70. The zero-order chi connectivity index (χ0) is 23.7. The topological polar surface area (TPSA) is 91.4 Å². The number of nitrogens with zero attached hydrogens (tertiary/aromatic N) is 4. The minimum atomic E-state index is -0.627. The Hall–Kier alpha value is -3.43. The summed E-state index contributed by atoms with van der Waals surface area (Å²) in [4.78, 5) is 17.1. The Kier molecular flexibility index (Phi) is 6.35. The molecule has 4 aromatic rings. The van der Waals surface area contributed by atoms with Crippen molar-refractivity contribution in [3.8, 4) is 23.1 Å². The average molecular weight is 473 g/mol. The second-order valence-corrected chi connectivity index (χ2v) is 7.90. The van der Waals surface area contributed by atoms with E-state index in [1.54, 1.807) is 25.1 Å². The lowest BCUT2D eigenvalue weighted by Crippen LogP contribution is -2.24. The van der Waals surface area contributed by atoms with Crippen molar-refractivity contribution in [2.75, 3.05) is 0 Å². The van der Waals surface area contributed by atoms with Crippen molar-refractivity contribution < 1.29 is 19.0 Å². The zero-order valence-electron chi connectivity index (χ0n) is 18.2. The van der Waals surface area contributed by atoms with E-state index in [2.05, 4.69) is 10.1 Å². The molecule has 0 amide bonds. The number of aliphatic hydroxyl groups is 1. The Balaban J connectivity index is 1.93. The van der Waals surface area contributed by atoms with Gasteiger partial charge in [-0.1, -0.05) is 17.7 Å². The molecule has 2 aromatic carbocycles. The van der Waals surface area contributed by atoms with E-state index in [0.717, 1.165) is 0 Å². The van der Waals surface area contributed by atoms with Gasteiger partial charge < -0.3 is 14.6 Å². The minimum Gasteiger partial charge on any atom is -0.490 e. The van der Waals surface area contributed by atoms with Gasteiger partial charge in [0, 0.05) is 18.8 Å². The van der Waals surface area contributed by atoms with E-state index < -0.39 is 5.82 Å². The van der Waals surface area contributed by atoms with Crippen LogP contribution in [0.15, 0.2) is 47.4 Å². The maximum absolute atomic E-state index is 14.3. The Morgan fingerprint density at radius 3 is 2.67 bits per heavy atom. The van der Waals surface area contributed by atoms with Gasteiger partial charge in [0.05, 0.1) is 22.2 Å². The van der Waals surface area contributed by atoms with Crippen LogP contribution in [-0.2, 0) is 13.2 Å². The quantitative estimate of drug-likeness (QED) is 0.427. The monoisotopic (exact) mass is 472 g/mol. The fourth-order valence-electron chi connectivity index (χ4n) is 3.50. The highest BCUT2D eigenvalue weighted by Crippen LogP contribution is 2.39. The first-order valence-corrected chi connectivity index (χ1v) is 10.7. The number of para-hydroxylation sites is 1. The van der Waals surface area contributed by atoms with Crippen molar-refractivity contribution in [1.82, 2.24) is 19.3 Å². The SMILES string of the molecule is CCn1c(CO)nn(-c2cc(OC(C)C)c3c(Oc4c(F)cccc4Cl)nccc3c2)c1=O. The summed E-state index contributed by atoms with van der Waals surface area (Å²) in [5.41, 5.74) is 0.0474. The van der Waals surface area contributed by atoms with E-state index in [0.29, 0.717) is 28.8 Å². The summed E-state index contributed by atoms with van der Waals surface area (Å²) in [6.07, 6.45) is 1.29. The molecule has 0 aliphatic heterocycles. The molecule has 0 spiro atoms. The largest absolute Gasteiger partial charge is 0.490 e. The molecule has 8 nitrogen and oxygen atoms in total. The van der Waals surface area contributed by atoms with Crippen LogP contribution in [0.2, 0.25) is 5.02 Å².